The highest BCUT2D eigenvalue weighted by molar-refractivity contribution is 7.92. The number of hydrogen-bond donors (Lipinski definition) is 1. The first-order valence-electron chi connectivity index (χ1n) is 12.4. The Hall–Kier alpha value is -3.72. The van der Waals surface area contributed by atoms with Crippen molar-refractivity contribution in [3.8, 4) is 0 Å². The fourth-order valence-electron chi connectivity index (χ4n) is 4.19. The van der Waals surface area contributed by atoms with Gasteiger partial charge in [0.05, 0.1) is 11.9 Å². The van der Waals surface area contributed by atoms with Crippen molar-refractivity contribution in [2.45, 2.75) is 45.8 Å². The van der Waals surface area contributed by atoms with Crippen LogP contribution in [0.15, 0.2) is 78.9 Å². The molecule has 0 aromatic heterocycles. The number of sulfonamides is 1. The van der Waals surface area contributed by atoms with E-state index in [-0.39, 0.29) is 30.6 Å². The Morgan fingerprint density at radius 2 is 1.55 bits per heavy atom. The average molecular weight is 540 g/mol. The van der Waals surface area contributed by atoms with Crippen LogP contribution in [0.2, 0.25) is 0 Å². The minimum atomic E-state index is -4.03. The first-order valence-corrected chi connectivity index (χ1v) is 14.2. The van der Waals surface area contributed by atoms with Crippen molar-refractivity contribution in [2.75, 3.05) is 17.1 Å². The van der Waals surface area contributed by atoms with E-state index < -0.39 is 34.3 Å². The molecule has 0 aliphatic heterocycles. The van der Waals surface area contributed by atoms with Crippen molar-refractivity contribution in [1.29, 1.82) is 0 Å². The molecule has 7 nitrogen and oxygen atoms in total. The maximum atomic E-state index is 14.6. The fourth-order valence-corrected chi connectivity index (χ4v) is 5.04. The van der Waals surface area contributed by atoms with Gasteiger partial charge in [-0.3, -0.25) is 13.9 Å². The number of carbonyl (C=O) groups excluding carboxylic acids is 2. The molecule has 0 radical (unpaired) electrons. The van der Waals surface area contributed by atoms with Gasteiger partial charge in [0.25, 0.3) is 0 Å². The number of carbonyl (C=O) groups is 2. The third-order valence-corrected chi connectivity index (χ3v) is 7.06. The van der Waals surface area contributed by atoms with Crippen molar-refractivity contribution < 1.29 is 22.4 Å². The summed E-state index contributed by atoms with van der Waals surface area (Å²) in [6, 6.07) is 21.1. The average Bonchev–Trinajstić information content (AvgIpc) is 2.84. The third kappa shape index (κ3) is 7.89. The van der Waals surface area contributed by atoms with Crippen LogP contribution in [-0.4, -0.2) is 50.0 Å². The molecule has 0 heterocycles. The van der Waals surface area contributed by atoms with Gasteiger partial charge in [0.2, 0.25) is 21.8 Å². The summed E-state index contributed by atoms with van der Waals surface area (Å²) in [5.74, 6) is -1.75. The van der Waals surface area contributed by atoms with Gasteiger partial charge in [0, 0.05) is 19.0 Å². The van der Waals surface area contributed by atoms with E-state index in [1.807, 2.05) is 75.4 Å². The van der Waals surface area contributed by atoms with Crippen LogP contribution < -0.4 is 9.62 Å². The lowest BCUT2D eigenvalue weighted by Gasteiger charge is -2.34. The maximum absolute atomic E-state index is 14.6. The van der Waals surface area contributed by atoms with Crippen LogP contribution >= 0.6 is 0 Å². The van der Waals surface area contributed by atoms with Crippen molar-refractivity contribution in [3.63, 3.8) is 0 Å². The van der Waals surface area contributed by atoms with Gasteiger partial charge in [-0.15, -0.1) is 0 Å². The molecule has 3 aromatic carbocycles. The van der Waals surface area contributed by atoms with E-state index in [0.717, 1.165) is 33.3 Å². The van der Waals surface area contributed by atoms with Gasteiger partial charge in [-0.2, -0.15) is 0 Å². The van der Waals surface area contributed by atoms with Crippen molar-refractivity contribution in [1.82, 2.24) is 10.2 Å². The lowest BCUT2D eigenvalue weighted by Crippen LogP contribution is -2.54. The van der Waals surface area contributed by atoms with Crippen LogP contribution in [0.25, 0.3) is 0 Å². The van der Waals surface area contributed by atoms with Crippen molar-refractivity contribution >= 4 is 27.5 Å². The minimum Gasteiger partial charge on any atom is -0.352 e. The molecular formula is C29H34FN3O4S. The van der Waals surface area contributed by atoms with E-state index in [1.54, 1.807) is 0 Å². The number of halogens is 1. The predicted octanol–water partition coefficient (Wildman–Crippen LogP) is 4.06. The fraction of sp³-hybridized carbons (Fsp3) is 0.310. The molecule has 1 N–H and O–H groups in total. The zero-order chi connectivity index (χ0) is 27.9. The zero-order valence-electron chi connectivity index (χ0n) is 22.1. The minimum absolute atomic E-state index is 0.0679. The summed E-state index contributed by atoms with van der Waals surface area (Å²) in [7, 11) is -4.03. The second-order valence-electron chi connectivity index (χ2n) is 9.60. The van der Waals surface area contributed by atoms with Crippen molar-refractivity contribution in [3.05, 3.63) is 101 Å². The molecule has 1 unspecified atom stereocenters. The molecule has 0 fully saturated rings. The Labute approximate surface area is 224 Å². The summed E-state index contributed by atoms with van der Waals surface area (Å²) in [4.78, 5) is 28.8. The summed E-state index contributed by atoms with van der Waals surface area (Å²) in [5.41, 5.74) is 2.37. The SMILES string of the molecule is Cc1cccc(CN(C(=O)CN(c2ccccc2F)S(C)(=O)=O)C(Cc2ccccc2)C(=O)NC(C)C)c1. The molecular weight excluding hydrogens is 505 g/mol. The number of nitrogens with one attached hydrogen (secondary N) is 1. The van der Waals surface area contributed by atoms with Gasteiger partial charge < -0.3 is 10.2 Å². The lowest BCUT2D eigenvalue weighted by molar-refractivity contribution is -0.140. The van der Waals surface area contributed by atoms with E-state index in [2.05, 4.69) is 5.32 Å². The van der Waals surface area contributed by atoms with Crippen LogP contribution in [0.5, 0.6) is 0 Å². The highest BCUT2D eigenvalue weighted by Crippen LogP contribution is 2.23. The molecule has 3 rings (SSSR count). The van der Waals surface area contributed by atoms with Crippen LogP contribution in [-0.2, 0) is 32.6 Å². The Balaban J connectivity index is 2.07. The number of para-hydroxylation sites is 1. The summed E-state index contributed by atoms with van der Waals surface area (Å²) < 4.78 is 40.8. The van der Waals surface area contributed by atoms with Gasteiger partial charge >= 0.3 is 0 Å². The molecule has 0 bridgehead atoms. The number of amides is 2. The molecule has 0 saturated carbocycles. The highest BCUT2D eigenvalue weighted by atomic mass is 32.2. The number of hydrogen-bond acceptors (Lipinski definition) is 4. The van der Waals surface area contributed by atoms with E-state index in [9.17, 15) is 22.4 Å². The number of aryl methyl sites for hydroxylation is 1. The summed E-state index contributed by atoms with van der Waals surface area (Å²) in [6.07, 6.45) is 1.14. The van der Waals surface area contributed by atoms with Gasteiger partial charge in [-0.1, -0.05) is 72.3 Å². The van der Waals surface area contributed by atoms with E-state index >= 15 is 0 Å². The second-order valence-corrected chi connectivity index (χ2v) is 11.5. The van der Waals surface area contributed by atoms with Crippen LogP contribution in [0.3, 0.4) is 0 Å². The van der Waals surface area contributed by atoms with E-state index in [0.29, 0.717) is 0 Å². The highest BCUT2D eigenvalue weighted by Gasteiger charge is 2.33. The Bertz CT molecular complexity index is 1360. The molecule has 9 heteroatoms. The quantitative estimate of drug-likeness (QED) is 0.398. The van der Waals surface area contributed by atoms with E-state index in [1.165, 1.54) is 23.1 Å². The Kier molecular flexibility index (Phi) is 9.63. The normalized spacial score (nSPS) is 12.2. The van der Waals surface area contributed by atoms with Gasteiger partial charge in [-0.25, -0.2) is 12.8 Å². The Morgan fingerprint density at radius 1 is 0.921 bits per heavy atom. The van der Waals surface area contributed by atoms with Crippen LogP contribution in [0.4, 0.5) is 10.1 Å². The molecule has 0 aliphatic rings. The van der Waals surface area contributed by atoms with Gasteiger partial charge in [0.15, 0.2) is 0 Å². The van der Waals surface area contributed by atoms with Gasteiger partial charge in [0.1, 0.15) is 18.4 Å². The molecule has 202 valence electrons. The smallest absolute Gasteiger partial charge is 0.244 e. The monoisotopic (exact) mass is 539 g/mol. The van der Waals surface area contributed by atoms with E-state index in [4.69, 9.17) is 0 Å². The second kappa shape index (κ2) is 12.7. The molecule has 2 amide bonds. The maximum Gasteiger partial charge on any atom is 0.244 e. The molecule has 0 saturated heterocycles. The summed E-state index contributed by atoms with van der Waals surface area (Å²) in [5, 5.41) is 2.90. The van der Waals surface area contributed by atoms with Crippen LogP contribution in [0, 0.1) is 12.7 Å². The number of nitrogens with zero attached hydrogens (tertiary/aromatic N) is 2. The molecule has 0 aliphatic carbocycles. The van der Waals surface area contributed by atoms with Crippen molar-refractivity contribution in [2.24, 2.45) is 0 Å². The number of anilines is 1. The zero-order valence-corrected chi connectivity index (χ0v) is 22.9. The number of benzene rings is 3. The Morgan fingerprint density at radius 3 is 2.16 bits per heavy atom. The first kappa shape index (κ1) is 28.8. The third-order valence-electron chi connectivity index (χ3n) is 5.94. The first-order chi connectivity index (χ1) is 18.0. The molecule has 1 atom stereocenters. The molecule has 3 aromatic rings. The molecule has 38 heavy (non-hydrogen) atoms. The lowest BCUT2D eigenvalue weighted by atomic mass is 10.0. The summed E-state index contributed by atoms with van der Waals surface area (Å²) in [6.45, 7) is 4.98. The molecule has 0 spiro atoms. The number of rotatable bonds is 11. The standard InChI is InChI=1S/C29H34FN3O4S/c1-21(2)31-29(35)27(18-23-12-6-5-7-13-23)32(19-24-14-10-11-22(3)17-24)28(34)20-33(38(4,36)37)26-16-9-8-15-25(26)30/h5-17,21,27H,18-20H2,1-4H3,(H,31,35). The van der Waals surface area contributed by atoms with Crippen LogP contribution in [0.1, 0.15) is 30.5 Å². The largest absolute Gasteiger partial charge is 0.352 e. The summed E-state index contributed by atoms with van der Waals surface area (Å²) >= 11 is 0. The topological polar surface area (TPSA) is 86.8 Å². The predicted molar refractivity (Wildman–Crippen MR) is 148 cm³/mol. The van der Waals surface area contributed by atoms with Gasteiger partial charge in [-0.05, 0) is 44.0 Å².